The third kappa shape index (κ3) is 5.21. The molecule has 1 N–H and O–H groups in total. The Bertz CT molecular complexity index is 1190. The van der Waals surface area contributed by atoms with Crippen molar-refractivity contribution in [2.45, 2.75) is 50.5 Å². The summed E-state index contributed by atoms with van der Waals surface area (Å²) in [5.74, 6) is 0. The van der Waals surface area contributed by atoms with Crippen LogP contribution in [0.1, 0.15) is 38.2 Å². The lowest BCUT2D eigenvalue weighted by atomic mass is 9.98. The molecule has 2 aliphatic heterocycles. The summed E-state index contributed by atoms with van der Waals surface area (Å²) in [7, 11) is -4.01. The molecule has 0 amide bonds. The summed E-state index contributed by atoms with van der Waals surface area (Å²) in [5.41, 5.74) is -2.93. The van der Waals surface area contributed by atoms with E-state index in [2.05, 4.69) is 4.98 Å². The van der Waals surface area contributed by atoms with E-state index in [-0.39, 0.29) is 13.2 Å². The number of alkyl halides is 1. The number of nitrogens with one attached hydrogen (secondary N) is 1. The molecular weight excluding hydrogens is 494 g/mol. The van der Waals surface area contributed by atoms with Crippen LogP contribution < -0.4 is 11.2 Å². The molecular formula is C21H25ClFN2O8P. The first-order chi connectivity index (χ1) is 16.1. The summed E-state index contributed by atoms with van der Waals surface area (Å²) in [6.45, 7) is 2.78. The molecule has 1 aromatic carbocycles. The number of ether oxygens (including phenoxy) is 2. The first kappa shape index (κ1) is 25.2. The molecule has 6 atom stereocenters. The van der Waals surface area contributed by atoms with Crippen LogP contribution >= 0.6 is 19.4 Å². The van der Waals surface area contributed by atoms with Gasteiger partial charge in [-0.15, -0.1) is 0 Å². The number of phosphoric acid groups is 1. The maximum atomic E-state index is 15.8. The Labute approximate surface area is 199 Å². The van der Waals surface area contributed by atoms with Crippen LogP contribution in [0.4, 0.5) is 4.39 Å². The molecule has 0 radical (unpaired) electrons. The van der Waals surface area contributed by atoms with E-state index >= 15 is 4.39 Å². The van der Waals surface area contributed by atoms with Crippen molar-refractivity contribution in [3.63, 3.8) is 0 Å². The monoisotopic (exact) mass is 518 g/mol. The zero-order chi connectivity index (χ0) is 24.5. The first-order valence-electron chi connectivity index (χ1n) is 10.7. The van der Waals surface area contributed by atoms with Crippen molar-refractivity contribution < 1.29 is 32.0 Å². The van der Waals surface area contributed by atoms with Gasteiger partial charge in [0.2, 0.25) is 0 Å². The molecule has 10 nitrogen and oxygen atoms in total. The van der Waals surface area contributed by atoms with Gasteiger partial charge in [0.1, 0.15) is 12.2 Å². The van der Waals surface area contributed by atoms with Crippen LogP contribution in [0.25, 0.3) is 0 Å². The number of halogens is 2. The van der Waals surface area contributed by atoms with Gasteiger partial charge in [-0.3, -0.25) is 27.9 Å². The highest BCUT2D eigenvalue weighted by Crippen LogP contribution is 2.57. The van der Waals surface area contributed by atoms with Crippen LogP contribution in [0.3, 0.4) is 0 Å². The number of hydrogen-bond acceptors (Lipinski definition) is 8. The van der Waals surface area contributed by atoms with Gasteiger partial charge in [-0.1, -0.05) is 23.7 Å². The number of phosphoric ester groups is 1. The molecule has 1 aromatic heterocycles. The van der Waals surface area contributed by atoms with E-state index in [1.165, 1.54) is 6.92 Å². The van der Waals surface area contributed by atoms with Crippen LogP contribution in [0.15, 0.2) is 46.1 Å². The van der Waals surface area contributed by atoms with Crippen molar-refractivity contribution in [3.8, 4) is 0 Å². The number of hydrogen-bond donors (Lipinski definition) is 1. The summed E-state index contributed by atoms with van der Waals surface area (Å²) in [6, 6.07) is 8.04. The first-order valence-corrected chi connectivity index (χ1v) is 12.6. The highest BCUT2D eigenvalue weighted by atomic mass is 35.5. The molecule has 0 aliphatic carbocycles. The summed E-state index contributed by atoms with van der Waals surface area (Å²) < 4.78 is 57.7. The summed E-state index contributed by atoms with van der Waals surface area (Å²) in [6.07, 6.45) is -2.62. The molecule has 0 spiro atoms. The van der Waals surface area contributed by atoms with Crippen LogP contribution in [-0.2, 0) is 27.6 Å². The quantitative estimate of drug-likeness (QED) is 0.553. The van der Waals surface area contributed by atoms with Crippen molar-refractivity contribution >= 4 is 19.4 Å². The molecule has 0 bridgehead atoms. The molecule has 2 saturated heterocycles. The van der Waals surface area contributed by atoms with E-state index < -0.39 is 55.9 Å². The largest absolute Gasteiger partial charge is 0.475 e. The number of H-pyrrole nitrogens is 1. The van der Waals surface area contributed by atoms with E-state index in [0.29, 0.717) is 11.4 Å². The van der Waals surface area contributed by atoms with Gasteiger partial charge in [0, 0.05) is 30.3 Å². The lowest BCUT2D eigenvalue weighted by Gasteiger charge is -2.30. The van der Waals surface area contributed by atoms with Gasteiger partial charge in [-0.2, -0.15) is 0 Å². The maximum Gasteiger partial charge on any atom is 0.475 e. The Morgan fingerprint density at radius 3 is 2.85 bits per heavy atom. The normalized spacial score (nSPS) is 33.8. The van der Waals surface area contributed by atoms with Crippen molar-refractivity contribution in [1.29, 1.82) is 0 Å². The van der Waals surface area contributed by atoms with Crippen LogP contribution in [-0.4, -0.2) is 47.2 Å². The summed E-state index contributed by atoms with van der Waals surface area (Å²) in [5, 5.41) is 0.507. The van der Waals surface area contributed by atoms with E-state index in [9.17, 15) is 14.2 Å². The van der Waals surface area contributed by atoms with Crippen molar-refractivity contribution in [2.75, 3.05) is 19.8 Å². The molecule has 2 aromatic rings. The zero-order valence-electron chi connectivity index (χ0n) is 18.5. The molecule has 1 unspecified atom stereocenters. The molecule has 34 heavy (non-hydrogen) atoms. The van der Waals surface area contributed by atoms with Gasteiger partial charge in [0.15, 0.2) is 11.9 Å². The minimum Gasteiger partial charge on any atom is -0.372 e. The Kier molecular flexibility index (Phi) is 7.44. The molecule has 3 heterocycles. The minimum atomic E-state index is -4.01. The van der Waals surface area contributed by atoms with Gasteiger partial charge in [-0.25, -0.2) is 13.8 Å². The van der Waals surface area contributed by atoms with E-state index in [1.807, 2.05) is 0 Å². The minimum absolute atomic E-state index is 0.116. The second kappa shape index (κ2) is 10.0. The standard InChI is InChI=1S/C21H25ClFN2O8P/c1-3-29-18-16(32-19(21(18,2)23)25-9-7-17(26)24-20(25)27)12-31-34(28)30-10-8-15(33-34)13-5-4-6-14(22)11-13/h4-7,9,11,15-16,18-19H,3,8,10,12H2,1-2H3,(H,24,26,27)/t15-,16+,18+,19+,21+,34?/m0/s1. The maximum absolute atomic E-state index is 15.8. The smallest absolute Gasteiger partial charge is 0.372 e. The number of aromatic nitrogens is 2. The molecule has 2 fully saturated rings. The fourth-order valence-corrected chi connectivity index (χ4v) is 5.67. The molecule has 2 aliphatic rings. The summed E-state index contributed by atoms with van der Waals surface area (Å²) in [4.78, 5) is 25.7. The molecule has 186 valence electrons. The Morgan fingerprint density at radius 2 is 2.15 bits per heavy atom. The van der Waals surface area contributed by atoms with Gasteiger partial charge < -0.3 is 9.47 Å². The average molecular weight is 519 g/mol. The Morgan fingerprint density at radius 1 is 1.35 bits per heavy atom. The van der Waals surface area contributed by atoms with Crippen molar-refractivity contribution in [1.82, 2.24) is 9.55 Å². The van der Waals surface area contributed by atoms with E-state index in [0.717, 1.165) is 22.4 Å². The second-order valence-electron chi connectivity index (χ2n) is 8.09. The van der Waals surface area contributed by atoms with Gasteiger partial charge in [-0.05, 0) is 31.5 Å². The van der Waals surface area contributed by atoms with Gasteiger partial charge in [0.25, 0.3) is 5.56 Å². The predicted molar refractivity (Wildman–Crippen MR) is 120 cm³/mol. The van der Waals surface area contributed by atoms with Crippen LogP contribution in [0, 0.1) is 0 Å². The highest BCUT2D eigenvalue weighted by molar-refractivity contribution is 7.48. The van der Waals surface area contributed by atoms with Crippen molar-refractivity contribution in [3.05, 3.63) is 68.0 Å². The Hall–Kier alpha value is -1.85. The third-order valence-corrected chi connectivity index (χ3v) is 7.35. The number of aromatic amines is 1. The number of benzene rings is 1. The van der Waals surface area contributed by atoms with E-state index in [1.54, 1.807) is 31.2 Å². The number of rotatable bonds is 7. The molecule has 13 heteroatoms. The lowest BCUT2D eigenvalue weighted by molar-refractivity contribution is -0.0674. The molecule has 0 saturated carbocycles. The topological polar surface area (TPSA) is 118 Å². The average Bonchev–Trinajstić information content (AvgIpc) is 3.03. The van der Waals surface area contributed by atoms with Crippen LogP contribution in [0.2, 0.25) is 5.02 Å². The van der Waals surface area contributed by atoms with Crippen LogP contribution in [0.5, 0.6) is 0 Å². The van der Waals surface area contributed by atoms with Gasteiger partial charge in [0.05, 0.1) is 19.3 Å². The number of nitrogens with zero attached hydrogens (tertiary/aromatic N) is 1. The second-order valence-corrected chi connectivity index (χ2v) is 10.1. The zero-order valence-corrected chi connectivity index (χ0v) is 20.2. The fraction of sp³-hybridized carbons (Fsp3) is 0.524. The van der Waals surface area contributed by atoms with E-state index in [4.69, 9.17) is 34.6 Å². The predicted octanol–water partition coefficient (Wildman–Crippen LogP) is 3.52. The lowest BCUT2D eigenvalue weighted by Crippen LogP contribution is -2.45. The Balaban J connectivity index is 1.51. The fourth-order valence-electron chi connectivity index (χ4n) is 4.08. The highest BCUT2D eigenvalue weighted by Gasteiger charge is 2.57. The third-order valence-electron chi connectivity index (χ3n) is 5.63. The molecule has 4 rings (SSSR count). The van der Waals surface area contributed by atoms with Crippen molar-refractivity contribution in [2.24, 2.45) is 0 Å². The van der Waals surface area contributed by atoms with Gasteiger partial charge >= 0.3 is 13.5 Å². The SMILES string of the molecule is CCO[C@@H]1[C@@H](COP2(=O)OCC[C@@H](c3cccc(Cl)c3)O2)O[C@@H](n2ccc(=O)[nH]c2=O)[C@]1(C)F. The summed E-state index contributed by atoms with van der Waals surface area (Å²) >= 11 is 6.04.